The van der Waals surface area contributed by atoms with Crippen molar-refractivity contribution in [2.75, 3.05) is 5.32 Å². The molecule has 1 heterocycles. The molecule has 0 unspecified atom stereocenters. The Bertz CT molecular complexity index is 509. The van der Waals surface area contributed by atoms with Crippen LogP contribution < -0.4 is 5.32 Å². The van der Waals surface area contributed by atoms with E-state index in [1.165, 1.54) is 11.1 Å². The van der Waals surface area contributed by atoms with Crippen molar-refractivity contribution in [1.29, 1.82) is 0 Å². The molecule has 0 radical (unpaired) electrons. The number of aryl methyl sites for hydroxylation is 2. The Kier molecular flexibility index (Phi) is 4.29. The second-order valence-corrected chi connectivity index (χ2v) is 4.42. The first-order valence-electron chi connectivity index (χ1n) is 6.39. The lowest BCUT2D eigenvalue weighted by atomic mass is 10.1. The monoisotopic (exact) mass is 241 g/mol. The number of hydrogen-bond donors (Lipinski definition) is 1. The van der Waals surface area contributed by atoms with Crippen LogP contribution in [0, 0.1) is 6.92 Å². The molecule has 94 valence electrons. The summed E-state index contributed by atoms with van der Waals surface area (Å²) in [5, 5.41) is 3.35. The predicted molar refractivity (Wildman–Crippen MR) is 74.5 cm³/mol. The fourth-order valence-electron chi connectivity index (χ4n) is 1.88. The van der Waals surface area contributed by atoms with Crippen LogP contribution in [0.25, 0.3) is 0 Å². The molecule has 3 heteroatoms. The molecule has 2 aromatic rings. The highest BCUT2D eigenvalue weighted by atomic mass is 15.0. The Labute approximate surface area is 108 Å². The third-order valence-electron chi connectivity index (χ3n) is 2.95. The van der Waals surface area contributed by atoms with Gasteiger partial charge in [-0.05, 0) is 24.5 Å². The molecule has 1 N–H and O–H groups in total. The van der Waals surface area contributed by atoms with Gasteiger partial charge >= 0.3 is 0 Å². The highest BCUT2D eigenvalue weighted by Crippen LogP contribution is 2.11. The number of anilines is 1. The molecular weight excluding hydrogens is 222 g/mol. The summed E-state index contributed by atoms with van der Waals surface area (Å²) in [7, 11) is 0. The first kappa shape index (κ1) is 12.6. The molecule has 0 bridgehead atoms. The zero-order valence-corrected chi connectivity index (χ0v) is 11.0. The fourth-order valence-corrected chi connectivity index (χ4v) is 1.88. The van der Waals surface area contributed by atoms with E-state index >= 15 is 0 Å². The van der Waals surface area contributed by atoms with E-state index in [0.717, 1.165) is 30.9 Å². The van der Waals surface area contributed by atoms with Gasteiger partial charge in [-0.25, -0.2) is 9.97 Å². The van der Waals surface area contributed by atoms with Crippen LogP contribution in [0.2, 0.25) is 0 Å². The molecule has 0 saturated heterocycles. The van der Waals surface area contributed by atoms with Gasteiger partial charge in [-0.2, -0.15) is 0 Å². The Morgan fingerprint density at radius 2 is 2.00 bits per heavy atom. The Morgan fingerprint density at radius 3 is 2.78 bits per heavy atom. The maximum Gasteiger partial charge on any atom is 0.129 e. The fraction of sp³-hybridized carbons (Fsp3) is 0.333. The molecule has 0 amide bonds. The van der Waals surface area contributed by atoms with Crippen molar-refractivity contribution in [2.24, 2.45) is 0 Å². The topological polar surface area (TPSA) is 37.8 Å². The molecule has 0 atom stereocenters. The first-order valence-corrected chi connectivity index (χ1v) is 6.39. The summed E-state index contributed by atoms with van der Waals surface area (Å²) in [6.07, 6.45) is 3.74. The van der Waals surface area contributed by atoms with E-state index < -0.39 is 0 Å². The van der Waals surface area contributed by atoms with E-state index in [-0.39, 0.29) is 0 Å². The van der Waals surface area contributed by atoms with Gasteiger partial charge in [0, 0.05) is 18.3 Å². The van der Waals surface area contributed by atoms with Gasteiger partial charge in [0.15, 0.2) is 0 Å². The molecule has 2 rings (SSSR count). The summed E-state index contributed by atoms with van der Waals surface area (Å²) >= 11 is 0. The van der Waals surface area contributed by atoms with Gasteiger partial charge in [-0.1, -0.05) is 37.6 Å². The van der Waals surface area contributed by atoms with E-state index in [4.69, 9.17) is 0 Å². The molecule has 0 aliphatic carbocycles. The van der Waals surface area contributed by atoms with Crippen molar-refractivity contribution in [3.63, 3.8) is 0 Å². The summed E-state index contributed by atoms with van der Waals surface area (Å²) in [4.78, 5) is 8.49. The van der Waals surface area contributed by atoms with E-state index in [1.54, 1.807) is 6.33 Å². The quantitative estimate of drug-likeness (QED) is 0.872. The SMILES string of the molecule is CCCc1cc(NCc2ccccc2C)ncn1. The van der Waals surface area contributed by atoms with Gasteiger partial charge in [0.2, 0.25) is 0 Å². The van der Waals surface area contributed by atoms with Gasteiger partial charge in [0.1, 0.15) is 12.1 Å². The van der Waals surface area contributed by atoms with E-state index in [0.29, 0.717) is 0 Å². The van der Waals surface area contributed by atoms with Crippen LogP contribution in [0.15, 0.2) is 36.7 Å². The zero-order valence-electron chi connectivity index (χ0n) is 11.0. The molecule has 0 saturated carbocycles. The molecule has 18 heavy (non-hydrogen) atoms. The lowest BCUT2D eigenvalue weighted by molar-refractivity contribution is 0.871. The van der Waals surface area contributed by atoms with Crippen molar-refractivity contribution in [3.05, 3.63) is 53.5 Å². The second-order valence-electron chi connectivity index (χ2n) is 4.42. The molecule has 3 nitrogen and oxygen atoms in total. The molecule has 1 aromatic carbocycles. The molecule has 0 fully saturated rings. The largest absolute Gasteiger partial charge is 0.366 e. The number of benzene rings is 1. The molecule has 1 aromatic heterocycles. The average molecular weight is 241 g/mol. The van der Waals surface area contributed by atoms with Gasteiger partial charge < -0.3 is 5.32 Å². The number of nitrogens with zero attached hydrogens (tertiary/aromatic N) is 2. The zero-order chi connectivity index (χ0) is 12.8. The van der Waals surface area contributed by atoms with E-state index in [2.05, 4.69) is 53.4 Å². The Hall–Kier alpha value is -1.90. The third kappa shape index (κ3) is 3.29. The van der Waals surface area contributed by atoms with Crippen molar-refractivity contribution in [2.45, 2.75) is 33.2 Å². The summed E-state index contributed by atoms with van der Waals surface area (Å²) in [5.74, 6) is 0.900. The van der Waals surface area contributed by atoms with Crippen molar-refractivity contribution >= 4 is 5.82 Å². The molecular formula is C15H19N3. The van der Waals surface area contributed by atoms with Crippen LogP contribution in [0.4, 0.5) is 5.82 Å². The third-order valence-corrected chi connectivity index (χ3v) is 2.95. The summed E-state index contributed by atoms with van der Waals surface area (Å²) < 4.78 is 0. The maximum atomic E-state index is 4.25. The minimum Gasteiger partial charge on any atom is -0.366 e. The number of hydrogen-bond acceptors (Lipinski definition) is 3. The van der Waals surface area contributed by atoms with Crippen molar-refractivity contribution < 1.29 is 0 Å². The molecule has 0 spiro atoms. The number of rotatable bonds is 5. The number of nitrogens with one attached hydrogen (secondary N) is 1. The van der Waals surface area contributed by atoms with Crippen LogP contribution in [0.3, 0.4) is 0 Å². The van der Waals surface area contributed by atoms with E-state index in [1.807, 2.05) is 6.07 Å². The average Bonchev–Trinajstić information content (AvgIpc) is 2.39. The predicted octanol–water partition coefficient (Wildman–Crippen LogP) is 3.35. The second kappa shape index (κ2) is 6.15. The number of aromatic nitrogens is 2. The minimum absolute atomic E-state index is 0.801. The van der Waals surface area contributed by atoms with Crippen LogP contribution >= 0.6 is 0 Å². The van der Waals surface area contributed by atoms with Gasteiger partial charge in [0.05, 0.1) is 0 Å². The van der Waals surface area contributed by atoms with Crippen LogP contribution in [-0.4, -0.2) is 9.97 Å². The van der Waals surface area contributed by atoms with Crippen molar-refractivity contribution in [3.8, 4) is 0 Å². The summed E-state index contributed by atoms with van der Waals surface area (Å²) in [6.45, 7) is 5.08. The highest BCUT2D eigenvalue weighted by Gasteiger charge is 2.00. The highest BCUT2D eigenvalue weighted by molar-refractivity contribution is 5.37. The minimum atomic E-state index is 0.801. The first-order chi connectivity index (χ1) is 8.79. The van der Waals surface area contributed by atoms with Gasteiger partial charge in [-0.3, -0.25) is 0 Å². The Balaban J connectivity index is 2.02. The molecule has 0 aliphatic heterocycles. The van der Waals surface area contributed by atoms with E-state index in [9.17, 15) is 0 Å². The van der Waals surface area contributed by atoms with Gasteiger partial charge in [-0.15, -0.1) is 0 Å². The van der Waals surface area contributed by atoms with Crippen molar-refractivity contribution in [1.82, 2.24) is 9.97 Å². The normalized spacial score (nSPS) is 10.3. The lowest BCUT2D eigenvalue weighted by Crippen LogP contribution is -2.04. The smallest absolute Gasteiger partial charge is 0.129 e. The molecule has 0 aliphatic rings. The Morgan fingerprint density at radius 1 is 1.17 bits per heavy atom. The van der Waals surface area contributed by atoms with Crippen LogP contribution in [0.5, 0.6) is 0 Å². The van der Waals surface area contributed by atoms with Crippen LogP contribution in [0.1, 0.15) is 30.2 Å². The summed E-state index contributed by atoms with van der Waals surface area (Å²) in [6, 6.07) is 10.4. The summed E-state index contributed by atoms with van der Waals surface area (Å²) in [5.41, 5.74) is 3.70. The van der Waals surface area contributed by atoms with Crippen LogP contribution in [-0.2, 0) is 13.0 Å². The lowest BCUT2D eigenvalue weighted by Gasteiger charge is -2.08. The van der Waals surface area contributed by atoms with Gasteiger partial charge in [0.25, 0.3) is 0 Å². The standard InChI is InChI=1S/C15H19N3/c1-3-6-14-9-15(18-11-17-14)16-10-13-8-5-4-7-12(13)2/h4-5,7-9,11H,3,6,10H2,1-2H3,(H,16,17,18). The maximum absolute atomic E-state index is 4.25.